The Labute approximate surface area is 125 Å². The van der Waals surface area contributed by atoms with Crippen LogP contribution in [-0.4, -0.2) is 29.6 Å². The molecule has 0 unspecified atom stereocenters. The molecule has 21 heavy (non-hydrogen) atoms. The van der Waals surface area contributed by atoms with Crippen molar-refractivity contribution >= 4 is 5.97 Å². The molecule has 3 heteroatoms. The molecule has 0 aromatic heterocycles. The van der Waals surface area contributed by atoms with Crippen molar-refractivity contribution in [2.24, 2.45) is 0 Å². The van der Waals surface area contributed by atoms with Gasteiger partial charge in [0.15, 0.2) is 0 Å². The van der Waals surface area contributed by atoms with Gasteiger partial charge in [-0.25, -0.2) is 0 Å². The lowest BCUT2D eigenvalue weighted by atomic mass is 9.97. The van der Waals surface area contributed by atoms with Crippen LogP contribution < -0.4 is 0 Å². The van der Waals surface area contributed by atoms with Crippen LogP contribution in [0.15, 0.2) is 60.7 Å². The second kappa shape index (κ2) is 7.60. The Balaban J connectivity index is 2.18. The minimum absolute atomic E-state index is 0.154. The number of benzene rings is 2. The van der Waals surface area contributed by atoms with Gasteiger partial charge in [-0.3, -0.25) is 9.69 Å². The minimum Gasteiger partial charge on any atom is -0.481 e. The third-order valence-corrected chi connectivity index (χ3v) is 3.57. The van der Waals surface area contributed by atoms with Gasteiger partial charge in [0.1, 0.15) is 0 Å². The maximum Gasteiger partial charge on any atom is 0.303 e. The van der Waals surface area contributed by atoms with Gasteiger partial charge >= 0.3 is 5.97 Å². The summed E-state index contributed by atoms with van der Waals surface area (Å²) in [5.74, 6) is -0.737. The van der Waals surface area contributed by atoms with Gasteiger partial charge in [0.2, 0.25) is 0 Å². The first-order valence-corrected chi connectivity index (χ1v) is 7.20. The lowest BCUT2D eigenvalue weighted by Gasteiger charge is -2.29. The Morgan fingerprint density at radius 1 is 1.00 bits per heavy atom. The summed E-state index contributed by atoms with van der Waals surface area (Å²) >= 11 is 0. The Kier molecular flexibility index (Phi) is 5.52. The molecule has 0 atom stereocenters. The molecule has 1 N–H and O–H groups in total. The summed E-state index contributed by atoms with van der Waals surface area (Å²) in [5, 5.41) is 8.78. The molecular formula is C18H21NO2. The molecule has 0 amide bonds. The van der Waals surface area contributed by atoms with Crippen molar-refractivity contribution in [3.8, 4) is 0 Å². The minimum atomic E-state index is -0.737. The zero-order chi connectivity index (χ0) is 15.1. The smallest absolute Gasteiger partial charge is 0.303 e. The van der Waals surface area contributed by atoms with E-state index in [-0.39, 0.29) is 12.5 Å². The number of aliphatic carboxylic acids is 1. The number of carboxylic acid groups (broad SMARTS) is 1. The van der Waals surface area contributed by atoms with E-state index in [9.17, 15) is 4.79 Å². The first-order chi connectivity index (χ1) is 10.2. The topological polar surface area (TPSA) is 40.5 Å². The summed E-state index contributed by atoms with van der Waals surface area (Å²) in [4.78, 5) is 12.9. The first kappa shape index (κ1) is 15.3. The summed E-state index contributed by atoms with van der Waals surface area (Å²) in [6, 6.07) is 20.8. The highest BCUT2D eigenvalue weighted by Gasteiger charge is 2.18. The van der Waals surface area contributed by atoms with E-state index >= 15 is 0 Å². The molecule has 2 rings (SSSR count). The van der Waals surface area contributed by atoms with Gasteiger partial charge in [0, 0.05) is 6.42 Å². The molecule has 0 radical (unpaired) electrons. The summed E-state index contributed by atoms with van der Waals surface area (Å²) in [6.07, 6.45) is 0.864. The number of carbonyl (C=O) groups is 1. The van der Waals surface area contributed by atoms with E-state index in [0.29, 0.717) is 6.42 Å². The van der Waals surface area contributed by atoms with Crippen LogP contribution in [0.1, 0.15) is 30.0 Å². The standard InChI is InChI=1S/C18H21NO2/c1-19(14-8-13-17(20)21)18(15-9-4-2-5-10-15)16-11-6-3-7-12-16/h2-7,9-12,18H,8,13-14H2,1H3,(H,20,21). The lowest BCUT2D eigenvalue weighted by Crippen LogP contribution is -2.27. The highest BCUT2D eigenvalue weighted by atomic mass is 16.4. The van der Waals surface area contributed by atoms with Crippen molar-refractivity contribution in [1.82, 2.24) is 4.90 Å². The number of rotatable bonds is 7. The molecule has 3 nitrogen and oxygen atoms in total. The van der Waals surface area contributed by atoms with E-state index in [1.54, 1.807) is 0 Å². The van der Waals surface area contributed by atoms with Gasteiger partial charge in [-0.05, 0) is 31.1 Å². The molecular weight excluding hydrogens is 262 g/mol. The Morgan fingerprint density at radius 3 is 1.90 bits per heavy atom. The monoisotopic (exact) mass is 283 g/mol. The van der Waals surface area contributed by atoms with Gasteiger partial charge in [-0.2, -0.15) is 0 Å². The molecule has 0 spiro atoms. The third kappa shape index (κ3) is 4.43. The largest absolute Gasteiger partial charge is 0.481 e. The van der Waals surface area contributed by atoms with Crippen molar-refractivity contribution in [1.29, 1.82) is 0 Å². The molecule has 0 aliphatic heterocycles. The Morgan fingerprint density at radius 2 is 1.48 bits per heavy atom. The number of hydrogen-bond acceptors (Lipinski definition) is 2. The maximum atomic E-state index is 10.7. The van der Waals surface area contributed by atoms with Crippen molar-refractivity contribution in [3.05, 3.63) is 71.8 Å². The summed E-state index contributed by atoms with van der Waals surface area (Å²) in [7, 11) is 2.05. The summed E-state index contributed by atoms with van der Waals surface area (Å²) in [6.45, 7) is 0.751. The van der Waals surface area contributed by atoms with Crippen molar-refractivity contribution in [3.63, 3.8) is 0 Å². The predicted molar refractivity (Wildman–Crippen MR) is 84.2 cm³/mol. The normalized spacial score (nSPS) is 11.0. The fourth-order valence-electron chi connectivity index (χ4n) is 2.58. The van der Waals surface area contributed by atoms with Crippen LogP contribution in [0.25, 0.3) is 0 Å². The van der Waals surface area contributed by atoms with Crippen LogP contribution >= 0.6 is 0 Å². The SMILES string of the molecule is CN(CCCC(=O)O)C(c1ccccc1)c1ccccc1. The highest BCUT2D eigenvalue weighted by molar-refractivity contribution is 5.66. The molecule has 0 heterocycles. The molecule has 0 saturated carbocycles. The second-order valence-electron chi connectivity index (χ2n) is 5.20. The summed E-state index contributed by atoms with van der Waals surface area (Å²) in [5.41, 5.74) is 2.45. The lowest BCUT2D eigenvalue weighted by molar-refractivity contribution is -0.137. The van der Waals surface area contributed by atoms with Crippen molar-refractivity contribution < 1.29 is 9.90 Å². The van der Waals surface area contributed by atoms with Crippen molar-refractivity contribution in [2.75, 3.05) is 13.6 Å². The van der Waals surface area contributed by atoms with Gasteiger partial charge < -0.3 is 5.11 Å². The van der Waals surface area contributed by atoms with Crippen LogP contribution in [0, 0.1) is 0 Å². The quantitative estimate of drug-likeness (QED) is 0.844. The molecule has 0 saturated heterocycles. The molecule has 0 aliphatic carbocycles. The van der Waals surface area contributed by atoms with Gasteiger partial charge in [-0.15, -0.1) is 0 Å². The van der Waals surface area contributed by atoms with Crippen LogP contribution in [0.4, 0.5) is 0 Å². The fraction of sp³-hybridized carbons (Fsp3) is 0.278. The van der Waals surface area contributed by atoms with E-state index in [1.807, 2.05) is 43.4 Å². The summed E-state index contributed by atoms with van der Waals surface area (Å²) < 4.78 is 0. The average Bonchev–Trinajstić information content (AvgIpc) is 2.49. The number of carboxylic acids is 1. The molecule has 0 bridgehead atoms. The zero-order valence-electron chi connectivity index (χ0n) is 12.3. The van der Waals surface area contributed by atoms with Gasteiger partial charge in [0.25, 0.3) is 0 Å². The second-order valence-corrected chi connectivity index (χ2v) is 5.20. The molecule has 2 aromatic rings. The van der Waals surface area contributed by atoms with Crippen LogP contribution in [0.3, 0.4) is 0 Å². The average molecular weight is 283 g/mol. The third-order valence-electron chi connectivity index (χ3n) is 3.57. The Bertz CT molecular complexity index is 514. The zero-order valence-corrected chi connectivity index (χ0v) is 12.3. The Hall–Kier alpha value is -2.13. The fourth-order valence-corrected chi connectivity index (χ4v) is 2.58. The van der Waals surface area contributed by atoms with Crippen LogP contribution in [0.5, 0.6) is 0 Å². The highest BCUT2D eigenvalue weighted by Crippen LogP contribution is 2.27. The van der Waals surface area contributed by atoms with Crippen LogP contribution in [-0.2, 0) is 4.79 Å². The maximum absolute atomic E-state index is 10.7. The molecule has 0 aliphatic rings. The number of nitrogens with zero attached hydrogens (tertiary/aromatic N) is 1. The van der Waals surface area contributed by atoms with Gasteiger partial charge in [0.05, 0.1) is 6.04 Å². The van der Waals surface area contributed by atoms with E-state index in [1.165, 1.54) is 11.1 Å². The van der Waals surface area contributed by atoms with E-state index in [2.05, 4.69) is 29.2 Å². The molecule has 110 valence electrons. The van der Waals surface area contributed by atoms with Crippen molar-refractivity contribution in [2.45, 2.75) is 18.9 Å². The van der Waals surface area contributed by atoms with E-state index in [4.69, 9.17) is 5.11 Å². The van der Waals surface area contributed by atoms with E-state index < -0.39 is 5.97 Å². The molecule has 2 aromatic carbocycles. The van der Waals surface area contributed by atoms with E-state index in [0.717, 1.165) is 6.54 Å². The van der Waals surface area contributed by atoms with Gasteiger partial charge in [-0.1, -0.05) is 60.7 Å². The molecule has 0 fully saturated rings. The predicted octanol–water partition coefficient (Wildman–Crippen LogP) is 3.57. The van der Waals surface area contributed by atoms with Crippen LogP contribution in [0.2, 0.25) is 0 Å². The first-order valence-electron chi connectivity index (χ1n) is 7.20. The number of hydrogen-bond donors (Lipinski definition) is 1.